The number of hydrogen-bond acceptors (Lipinski definition) is 8. The number of nitrogen functional groups attached to an aromatic ring is 1. The molecule has 96 valence electrons. The van der Waals surface area contributed by atoms with Crippen LogP contribution >= 0.6 is 0 Å². The minimum absolute atomic E-state index is 0.232. The average molecular weight is 249 g/mol. The molecule has 0 aliphatic heterocycles. The Labute approximate surface area is 104 Å². The number of anilines is 3. The molecule has 0 saturated carbocycles. The predicted octanol–water partition coefficient (Wildman–Crippen LogP) is 0.528. The highest BCUT2D eigenvalue weighted by Crippen LogP contribution is 2.12. The molecular weight excluding hydrogens is 234 g/mol. The van der Waals surface area contributed by atoms with Crippen LogP contribution in [0.25, 0.3) is 0 Å². The van der Waals surface area contributed by atoms with E-state index >= 15 is 0 Å². The molecule has 8 heteroatoms. The number of nitrogens with zero attached hydrogens (tertiary/aromatic N) is 4. The van der Waals surface area contributed by atoms with Gasteiger partial charge in [0.15, 0.2) is 5.82 Å². The Morgan fingerprint density at radius 2 is 2.06 bits per heavy atom. The standard InChI is InChI=1S/C10H15N7O/c1-2-12-8-5-9(16-10(11)15-8)13-4-3-7-14-6-18-17-7/h5-6H,2-4H2,1H3,(H4,11,12,13,15,16). The molecule has 2 aromatic heterocycles. The summed E-state index contributed by atoms with van der Waals surface area (Å²) in [5, 5.41) is 9.93. The molecule has 0 aliphatic rings. The molecule has 0 spiro atoms. The summed E-state index contributed by atoms with van der Waals surface area (Å²) in [6.45, 7) is 3.40. The molecule has 0 amide bonds. The van der Waals surface area contributed by atoms with E-state index in [0.29, 0.717) is 30.4 Å². The first-order valence-corrected chi connectivity index (χ1v) is 5.65. The molecule has 2 rings (SSSR count). The van der Waals surface area contributed by atoms with Crippen LogP contribution in [0.15, 0.2) is 17.0 Å². The van der Waals surface area contributed by atoms with Gasteiger partial charge >= 0.3 is 0 Å². The molecular formula is C10H15N7O. The fourth-order valence-corrected chi connectivity index (χ4v) is 1.43. The monoisotopic (exact) mass is 249 g/mol. The molecule has 0 aliphatic carbocycles. The summed E-state index contributed by atoms with van der Waals surface area (Å²) >= 11 is 0. The Morgan fingerprint density at radius 3 is 2.72 bits per heavy atom. The van der Waals surface area contributed by atoms with E-state index in [1.54, 1.807) is 6.07 Å². The minimum Gasteiger partial charge on any atom is -0.370 e. The van der Waals surface area contributed by atoms with Crippen LogP contribution in [0.4, 0.5) is 17.6 Å². The molecule has 8 nitrogen and oxygen atoms in total. The molecule has 2 aromatic rings. The second kappa shape index (κ2) is 5.80. The second-order valence-corrected chi connectivity index (χ2v) is 3.55. The molecule has 0 saturated heterocycles. The Hall–Kier alpha value is -2.38. The zero-order valence-corrected chi connectivity index (χ0v) is 10.1. The van der Waals surface area contributed by atoms with Gasteiger partial charge in [-0.15, -0.1) is 0 Å². The maximum Gasteiger partial charge on any atom is 0.223 e. The van der Waals surface area contributed by atoms with Crippen LogP contribution in [0, 0.1) is 0 Å². The van der Waals surface area contributed by atoms with Gasteiger partial charge in [0.1, 0.15) is 11.6 Å². The Balaban J connectivity index is 1.92. The van der Waals surface area contributed by atoms with Crippen molar-refractivity contribution in [3.05, 3.63) is 18.3 Å². The topological polar surface area (TPSA) is 115 Å². The van der Waals surface area contributed by atoms with Crippen molar-refractivity contribution in [2.24, 2.45) is 0 Å². The zero-order valence-electron chi connectivity index (χ0n) is 10.1. The second-order valence-electron chi connectivity index (χ2n) is 3.55. The molecule has 0 aromatic carbocycles. The lowest BCUT2D eigenvalue weighted by atomic mass is 10.4. The van der Waals surface area contributed by atoms with Crippen molar-refractivity contribution in [2.45, 2.75) is 13.3 Å². The van der Waals surface area contributed by atoms with Gasteiger partial charge in [0, 0.05) is 25.6 Å². The smallest absolute Gasteiger partial charge is 0.223 e. The van der Waals surface area contributed by atoms with Crippen LogP contribution in [0.3, 0.4) is 0 Å². The number of hydrogen-bond donors (Lipinski definition) is 3. The molecule has 4 N–H and O–H groups in total. The fraction of sp³-hybridized carbons (Fsp3) is 0.400. The molecule has 0 unspecified atom stereocenters. The highest BCUT2D eigenvalue weighted by molar-refractivity contribution is 5.50. The van der Waals surface area contributed by atoms with E-state index in [1.165, 1.54) is 6.39 Å². The van der Waals surface area contributed by atoms with Gasteiger partial charge in [0.05, 0.1) is 0 Å². The van der Waals surface area contributed by atoms with Crippen molar-refractivity contribution in [1.29, 1.82) is 0 Å². The molecule has 0 bridgehead atoms. The van der Waals surface area contributed by atoms with Crippen LogP contribution < -0.4 is 16.4 Å². The van der Waals surface area contributed by atoms with Crippen LogP contribution in [-0.4, -0.2) is 33.2 Å². The first-order valence-electron chi connectivity index (χ1n) is 5.65. The van der Waals surface area contributed by atoms with Crippen molar-refractivity contribution in [3.63, 3.8) is 0 Å². The fourth-order valence-electron chi connectivity index (χ4n) is 1.43. The lowest BCUT2D eigenvalue weighted by Gasteiger charge is -2.07. The van der Waals surface area contributed by atoms with Crippen LogP contribution in [0.2, 0.25) is 0 Å². The number of rotatable bonds is 6. The van der Waals surface area contributed by atoms with E-state index in [0.717, 1.165) is 6.54 Å². The predicted molar refractivity (Wildman–Crippen MR) is 67.1 cm³/mol. The maximum absolute atomic E-state index is 5.61. The van der Waals surface area contributed by atoms with Crippen LogP contribution in [0.1, 0.15) is 12.7 Å². The van der Waals surface area contributed by atoms with E-state index in [2.05, 4.69) is 35.3 Å². The molecule has 0 atom stereocenters. The number of nitrogens with two attached hydrogens (primary N) is 1. The zero-order chi connectivity index (χ0) is 12.8. The van der Waals surface area contributed by atoms with Gasteiger partial charge in [-0.25, -0.2) is 0 Å². The highest BCUT2D eigenvalue weighted by Gasteiger charge is 2.02. The van der Waals surface area contributed by atoms with E-state index in [9.17, 15) is 0 Å². The quantitative estimate of drug-likeness (QED) is 0.679. The van der Waals surface area contributed by atoms with E-state index in [1.807, 2.05) is 6.92 Å². The highest BCUT2D eigenvalue weighted by atomic mass is 16.5. The minimum atomic E-state index is 0.232. The third kappa shape index (κ3) is 3.30. The summed E-state index contributed by atoms with van der Waals surface area (Å²) in [6, 6.07) is 1.80. The van der Waals surface area contributed by atoms with Crippen molar-refractivity contribution in [1.82, 2.24) is 20.1 Å². The summed E-state index contributed by atoms with van der Waals surface area (Å²) in [5.74, 6) is 2.25. The molecule has 18 heavy (non-hydrogen) atoms. The Morgan fingerprint density at radius 1 is 1.28 bits per heavy atom. The van der Waals surface area contributed by atoms with Crippen molar-refractivity contribution < 1.29 is 4.52 Å². The van der Waals surface area contributed by atoms with Crippen molar-refractivity contribution in [2.75, 3.05) is 29.5 Å². The van der Waals surface area contributed by atoms with E-state index < -0.39 is 0 Å². The third-order valence-electron chi connectivity index (χ3n) is 2.16. The summed E-state index contributed by atoms with van der Waals surface area (Å²) in [5.41, 5.74) is 5.61. The van der Waals surface area contributed by atoms with E-state index in [4.69, 9.17) is 5.73 Å². The molecule has 0 radical (unpaired) electrons. The van der Waals surface area contributed by atoms with Gasteiger partial charge in [-0.3, -0.25) is 0 Å². The largest absolute Gasteiger partial charge is 0.370 e. The maximum atomic E-state index is 5.61. The Bertz CT molecular complexity index is 485. The van der Waals surface area contributed by atoms with Crippen molar-refractivity contribution >= 4 is 17.6 Å². The van der Waals surface area contributed by atoms with Gasteiger partial charge < -0.3 is 20.9 Å². The first kappa shape index (κ1) is 12.1. The van der Waals surface area contributed by atoms with E-state index in [-0.39, 0.29) is 5.95 Å². The number of aromatic nitrogens is 4. The summed E-state index contributed by atoms with van der Waals surface area (Å²) in [6.07, 6.45) is 1.96. The molecule has 0 fully saturated rings. The van der Waals surface area contributed by atoms with Crippen LogP contribution in [-0.2, 0) is 6.42 Å². The molecule has 2 heterocycles. The van der Waals surface area contributed by atoms with Gasteiger partial charge in [0.25, 0.3) is 0 Å². The number of nitrogens with one attached hydrogen (secondary N) is 2. The Kier molecular flexibility index (Phi) is 3.90. The lowest BCUT2D eigenvalue weighted by Crippen LogP contribution is -2.10. The van der Waals surface area contributed by atoms with Gasteiger partial charge in [-0.2, -0.15) is 15.0 Å². The van der Waals surface area contributed by atoms with Gasteiger partial charge in [-0.05, 0) is 6.92 Å². The van der Waals surface area contributed by atoms with Crippen molar-refractivity contribution in [3.8, 4) is 0 Å². The summed E-state index contributed by atoms with van der Waals surface area (Å²) in [7, 11) is 0. The first-order chi connectivity index (χ1) is 8.78. The average Bonchev–Trinajstić information content (AvgIpc) is 2.82. The van der Waals surface area contributed by atoms with Gasteiger partial charge in [-0.1, -0.05) is 5.16 Å². The third-order valence-corrected chi connectivity index (χ3v) is 2.16. The van der Waals surface area contributed by atoms with Gasteiger partial charge in [0.2, 0.25) is 12.3 Å². The normalized spacial score (nSPS) is 10.3. The lowest BCUT2D eigenvalue weighted by molar-refractivity contribution is 0.410. The summed E-state index contributed by atoms with van der Waals surface area (Å²) in [4.78, 5) is 12.1. The summed E-state index contributed by atoms with van der Waals surface area (Å²) < 4.78 is 4.64. The SMILES string of the molecule is CCNc1cc(NCCc2ncon2)nc(N)n1. The van der Waals surface area contributed by atoms with Crippen LogP contribution in [0.5, 0.6) is 0 Å².